The Morgan fingerprint density at radius 3 is 2.32 bits per heavy atom. The summed E-state index contributed by atoms with van der Waals surface area (Å²) in [5.74, 6) is 2.03. The van der Waals surface area contributed by atoms with Crippen LogP contribution < -0.4 is 19.5 Å². The van der Waals surface area contributed by atoms with Crippen LogP contribution in [-0.2, 0) is 22.6 Å². The summed E-state index contributed by atoms with van der Waals surface area (Å²) in [5.41, 5.74) is 1.95. The third-order valence-electron chi connectivity index (χ3n) is 6.13. The molecule has 184 valence electrons. The number of fused-ring (bicyclic) bond motifs is 1. The van der Waals surface area contributed by atoms with Crippen molar-refractivity contribution in [2.45, 2.75) is 65.1 Å². The van der Waals surface area contributed by atoms with Crippen LogP contribution in [0.25, 0.3) is 0 Å². The number of aryl methyl sites for hydroxylation is 1. The van der Waals surface area contributed by atoms with Crippen molar-refractivity contribution in [2.24, 2.45) is 0 Å². The van der Waals surface area contributed by atoms with Crippen LogP contribution in [0.1, 0.15) is 51.2 Å². The first-order chi connectivity index (χ1) is 16.4. The van der Waals surface area contributed by atoms with Crippen molar-refractivity contribution in [1.29, 1.82) is 0 Å². The molecule has 0 fully saturated rings. The Balaban J connectivity index is 1.76. The van der Waals surface area contributed by atoms with E-state index in [9.17, 15) is 9.59 Å². The summed E-state index contributed by atoms with van der Waals surface area (Å²) in [5, 5.41) is 3.04. The normalized spacial score (nSPS) is 14.1. The van der Waals surface area contributed by atoms with Gasteiger partial charge in [0.1, 0.15) is 25.0 Å². The molecule has 3 rings (SSSR count). The summed E-state index contributed by atoms with van der Waals surface area (Å²) in [6.45, 7) is 7.37. The number of ether oxygens (including phenoxy) is 3. The Kier molecular flexibility index (Phi) is 9.19. The van der Waals surface area contributed by atoms with Crippen molar-refractivity contribution in [1.82, 2.24) is 10.2 Å². The van der Waals surface area contributed by atoms with E-state index in [0.717, 1.165) is 29.0 Å². The fourth-order valence-electron chi connectivity index (χ4n) is 3.93. The highest BCUT2D eigenvalue weighted by atomic mass is 16.6. The SMILES string of the molecule is CCC(C)NC(=O)C(CC)N(Cc1ccc(OC)cc1)C(=O)CCc1ccc2c(c1)OCCO2. The van der Waals surface area contributed by atoms with Gasteiger partial charge in [0.05, 0.1) is 7.11 Å². The van der Waals surface area contributed by atoms with Gasteiger partial charge in [-0.1, -0.05) is 32.0 Å². The standard InChI is InChI=1S/C27H36N2O5/c1-5-19(3)28-27(31)23(6-2)29(18-21-7-11-22(32-4)12-8-21)26(30)14-10-20-9-13-24-25(17-20)34-16-15-33-24/h7-9,11-13,17,19,23H,5-6,10,14-16,18H2,1-4H3,(H,28,31). The number of methoxy groups -OCH3 is 1. The van der Waals surface area contributed by atoms with Crippen LogP contribution in [0.3, 0.4) is 0 Å². The van der Waals surface area contributed by atoms with E-state index in [0.29, 0.717) is 44.8 Å². The number of benzene rings is 2. The Bertz CT molecular complexity index is 960. The molecule has 0 radical (unpaired) electrons. The van der Waals surface area contributed by atoms with Crippen LogP contribution in [0, 0.1) is 0 Å². The van der Waals surface area contributed by atoms with E-state index in [1.54, 1.807) is 12.0 Å². The molecule has 0 bridgehead atoms. The molecule has 7 nitrogen and oxygen atoms in total. The molecule has 1 aliphatic heterocycles. The lowest BCUT2D eigenvalue weighted by molar-refractivity contribution is -0.141. The summed E-state index contributed by atoms with van der Waals surface area (Å²) in [4.78, 5) is 28.2. The first-order valence-electron chi connectivity index (χ1n) is 12.1. The molecule has 2 atom stereocenters. The van der Waals surface area contributed by atoms with Gasteiger partial charge in [0, 0.05) is 19.0 Å². The Hall–Kier alpha value is -3.22. The minimum atomic E-state index is -0.538. The molecule has 2 aromatic rings. The van der Waals surface area contributed by atoms with E-state index in [2.05, 4.69) is 5.32 Å². The third-order valence-corrected chi connectivity index (χ3v) is 6.13. The minimum Gasteiger partial charge on any atom is -0.497 e. The average Bonchev–Trinajstić information content (AvgIpc) is 2.87. The van der Waals surface area contributed by atoms with Gasteiger partial charge in [-0.15, -0.1) is 0 Å². The van der Waals surface area contributed by atoms with E-state index in [-0.39, 0.29) is 17.9 Å². The van der Waals surface area contributed by atoms with E-state index < -0.39 is 6.04 Å². The summed E-state index contributed by atoms with van der Waals surface area (Å²) >= 11 is 0. The molecule has 1 heterocycles. The van der Waals surface area contributed by atoms with Crippen LogP contribution in [0.15, 0.2) is 42.5 Å². The largest absolute Gasteiger partial charge is 0.497 e. The van der Waals surface area contributed by atoms with Gasteiger partial charge in [0.2, 0.25) is 11.8 Å². The molecule has 0 saturated heterocycles. The Morgan fingerprint density at radius 1 is 1.00 bits per heavy atom. The van der Waals surface area contributed by atoms with Gasteiger partial charge >= 0.3 is 0 Å². The summed E-state index contributed by atoms with van der Waals surface area (Å²) in [6, 6.07) is 12.9. The smallest absolute Gasteiger partial charge is 0.243 e. The summed E-state index contributed by atoms with van der Waals surface area (Å²) in [6.07, 6.45) is 2.22. The maximum atomic E-state index is 13.5. The number of hydrogen-bond acceptors (Lipinski definition) is 5. The second-order valence-corrected chi connectivity index (χ2v) is 8.59. The molecule has 0 saturated carbocycles. The lowest BCUT2D eigenvalue weighted by atomic mass is 10.0. The highest BCUT2D eigenvalue weighted by molar-refractivity contribution is 5.88. The van der Waals surface area contributed by atoms with Crippen molar-refractivity contribution in [3.05, 3.63) is 53.6 Å². The molecule has 0 aromatic heterocycles. The molecule has 2 unspecified atom stereocenters. The van der Waals surface area contributed by atoms with E-state index in [4.69, 9.17) is 14.2 Å². The molecule has 1 N–H and O–H groups in total. The molecule has 2 amide bonds. The first-order valence-corrected chi connectivity index (χ1v) is 12.1. The number of hydrogen-bond donors (Lipinski definition) is 1. The molecule has 0 spiro atoms. The van der Waals surface area contributed by atoms with Crippen molar-refractivity contribution in [2.75, 3.05) is 20.3 Å². The predicted octanol–water partition coefficient (Wildman–Crippen LogP) is 4.12. The van der Waals surface area contributed by atoms with Gasteiger partial charge in [0.25, 0.3) is 0 Å². The topological polar surface area (TPSA) is 77.1 Å². The van der Waals surface area contributed by atoms with Crippen LogP contribution >= 0.6 is 0 Å². The zero-order chi connectivity index (χ0) is 24.5. The zero-order valence-corrected chi connectivity index (χ0v) is 20.6. The molecule has 0 aliphatic carbocycles. The van der Waals surface area contributed by atoms with Gasteiger partial charge in [-0.3, -0.25) is 9.59 Å². The summed E-state index contributed by atoms with van der Waals surface area (Å²) < 4.78 is 16.5. The molecular weight excluding hydrogens is 432 g/mol. The fraction of sp³-hybridized carbons (Fsp3) is 0.481. The highest BCUT2D eigenvalue weighted by Crippen LogP contribution is 2.31. The van der Waals surface area contributed by atoms with Gasteiger partial charge < -0.3 is 24.4 Å². The zero-order valence-electron chi connectivity index (χ0n) is 20.6. The van der Waals surface area contributed by atoms with Crippen LogP contribution in [0.2, 0.25) is 0 Å². The van der Waals surface area contributed by atoms with Gasteiger partial charge in [0.15, 0.2) is 11.5 Å². The fourth-order valence-corrected chi connectivity index (χ4v) is 3.93. The Labute approximate surface area is 202 Å². The van der Waals surface area contributed by atoms with Crippen LogP contribution in [-0.4, -0.2) is 49.1 Å². The van der Waals surface area contributed by atoms with Gasteiger partial charge in [-0.2, -0.15) is 0 Å². The second-order valence-electron chi connectivity index (χ2n) is 8.59. The van der Waals surface area contributed by atoms with Crippen molar-refractivity contribution >= 4 is 11.8 Å². The number of amides is 2. The van der Waals surface area contributed by atoms with Crippen molar-refractivity contribution in [3.8, 4) is 17.2 Å². The predicted molar refractivity (Wildman–Crippen MR) is 131 cm³/mol. The first kappa shape index (κ1) is 25.4. The van der Waals surface area contributed by atoms with Gasteiger partial charge in [-0.25, -0.2) is 0 Å². The van der Waals surface area contributed by atoms with E-state index in [1.807, 2.05) is 63.2 Å². The molecule has 2 aromatic carbocycles. The summed E-state index contributed by atoms with van der Waals surface area (Å²) in [7, 11) is 1.62. The highest BCUT2D eigenvalue weighted by Gasteiger charge is 2.29. The monoisotopic (exact) mass is 468 g/mol. The number of nitrogens with zero attached hydrogens (tertiary/aromatic N) is 1. The quantitative estimate of drug-likeness (QED) is 0.537. The number of rotatable bonds is 11. The van der Waals surface area contributed by atoms with Gasteiger partial charge in [-0.05, 0) is 61.6 Å². The molecule has 1 aliphatic rings. The average molecular weight is 469 g/mol. The number of carbonyl (C=O) groups is 2. The maximum absolute atomic E-state index is 13.5. The Morgan fingerprint density at radius 2 is 1.68 bits per heavy atom. The maximum Gasteiger partial charge on any atom is 0.243 e. The molecule has 7 heteroatoms. The van der Waals surface area contributed by atoms with Crippen molar-refractivity contribution in [3.63, 3.8) is 0 Å². The van der Waals surface area contributed by atoms with E-state index >= 15 is 0 Å². The second kappa shape index (κ2) is 12.3. The third kappa shape index (κ3) is 6.65. The van der Waals surface area contributed by atoms with E-state index in [1.165, 1.54) is 0 Å². The number of nitrogens with one attached hydrogen (secondary N) is 1. The minimum absolute atomic E-state index is 0.0530. The molecular formula is C27H36N2O5. The molecule has 34 heavy (non-hydrogen) atoms. The lowest BCUT2D eigenvalue weighted by Crippen LogP contribution is -2.50. The van der Waals surface area contributed by atoms with Crippen LogP contribution in [0.5, 0.6) is 17.2 Å². The van der Waals surface area contributed by atoms with Crippen molar-refractivity contribution < 1.29 is 23.8 Å². The number of carbonyl (C=O) groups excluding carboxylic acids is 2. The van der Waals surface area contributed by atoms with Crippen LogP contribution in [0.4, 0.5) is 0 Å². The lowest BCUT2D eigenvalue weighted by Gasteiger charge is -2.31.